The Kier molecular flexibility index (Phi) is 5.92. The summed E-state index contributed by atoms with van der Waals surface area (Å²) in [5.41, 5.74) is 2.16. The van der Waals surface area contributed by atoms with Gasteiger partial charge in [-0.05, 0) is 55.3 Å². The third kappa shape index (κ3) is 4.63. The molecule has 0 atom stereocenters. The van der Waals surface area contributed by atoms with Crippen molar-refractivity contribution >= 4 is 23.2 Å². The fourth-order valence-electron chi connectivity index (χ4n) is 1.95. The molecule has 2 aromatic rings. The van der Waals surface area contributed by atoms with E-state index in [4.69, 9.17) is 27.9 Å². The van der Waals surface area contributed by atoms with E-state index in [9.17, 15) is 0 Å². The first-order valence-electron chi connectivity index (χ1n) is 7.03. The number of halogens is 2. The van der Waals surface area contributed by atoms with Crippen LogP contribution >= 0.6 is 23.2 Å². The Bertz CT molecular complexity index is 614. The van der Waals surface area contributed by atoms with Crippen LogP contribution in [-0.2, 0) is 6.54 Å². The van der Waals surface area contributed by atoms with Gasteiger partial charge in [-0.3, -0.25) is 0 Å². The summed E-state index contributed by atoms with van der Waals surface area (Å²) in [7, 11) is 0. The van der Waals surface area contributed by atoms with E-state index < -0.39 is 0 Å². The molecule has 0 heterocycles. The van der Waals surface area contributed by atoms with E-state index >= 15 is 0 Å². The van der Waals surface area contributed by atoms with Gasteiger partial charge < -0.3 is 10.1 Å². The molecule has 0 unspecified atom stereocenters. The number of hydrogen-bond acceptors (Lipinski definition) is 2. The Morgan fingerprint density at radius 2 is 1.86 bits per heavy atom. The molecule has 0 aliphatic heterocycles. The average Bonchev–Trinajstić information content (AvgIpc) is 2.46. The van der Waals surface area contributed by atoms with Crippen molar-refractivity contribution < 1.29 is 4.74 Å². The molecule has 0 radical (unpaired) electrons. The number of nitrogens with one attached hydrogen (secondary N) is 1. The van der Waals surface area contributed by atoms with Gasteiger partial charge in [0.05, 0.1) is 5.02 Å². The molecule has 2 aromatic carbocycles. The van der Waals surface area contributed by atoms with Crippen LogP contribution in [0.25, 0.3) is 0 Å². The van der Waals surface area contributed by atoms with Gasteiger partial charge in [0, 0.05) is 11.6 Å². The minimum Gasteiger partial charge on any atom is -0.455 e. The lowest BCUT2D eigenvalue weighted by Crippen LogP contribution is -2.13. The van der Waals surface area contributed by atoms with E-state index in [2.05, 4.69) is 12.2 Å². The van der Waals surface area contributed by atoms with Crippen molar-refractivity contribution in [2.75, 3.05) is 6.54 Å². The van der Waals surface area contributed by atoms with Gasteiger partial charge in [-0.25, -0.2) is 0 Å². The van der Waals surface area contributed by atoms with Crippen LogP contribution in [0, 0.1) is 6.92 Å². The second-order valence-corrected chi connectivity index (χ2v) is 5.80. The molecule has 2 nitrogen and oxygen atoms in total. The lowest BCUT2D eigenvalue weighted by Gasteiger charge is -2.12. The third-order valence-corrected chi connectivity index (χ3v) is 3.65. The maximum Gasteiger partial charge on any atom is 0.146 e. The van der Waals surface area contributed by atoms with Gasteiger partial charge in [0.1, 0.15) is 11.5 Å². The minimum absolute atomic E-state index is 0.602. The predicted octanol–water partition coefficient (Wildman–Crippen LogP) is 5.59. The van der Waals surface area contributed by atoms with Crippen molar-refractivity contribution in [3.8, 4) is 11.5 Å². The van der Waals surface area contributed by atoms with E-state index in [1.54, 1.807) is 6.07 Å². The van der Waals surface area contributed by atoms with E-state index in [1.807, 2.05) is 37.3 Å². The Labute approximate surface area is 136 Å². The summed E-state index contributed by atoms with van der Waals surface area (Å²) in [6.45, 7) is 5.93. The smallest absolute Gasteiger partial charge is 0.146 e. The Morgan fingerprint density at radius 3 is 2.57 bits per heavy atom. The fraction of sp³-hybridized carbons (Fsp3) is 0.294. The zero-order valence-corrected chi connectivity index (χ0v) is 13.8. The van der Waals surface area contributed by atoms with Gasteiger partial charge in [0.25, 0.3) is 0 Å². The van der Waals surface area contributed by atoms with Crippen LogP contribution in [0.2, 0.25) is 10.0 Å². The number of hydrogen-bond donors (Lipinski definition) is 1. The molecule has 0 fully saturated rings. The predicted molar refractivity (Wildman–Crippen MR) is 89.7 cm³/mol. The van der Waals surface area contributed by atoms with Crippen molar-refractivity contribution in [2.45, 2.75) is 26.8 Å². The van der Waals surface area contributed by atoms with Crippen LogP contribution < -0.4 is 10.1 Å². The van der Waals surface area contributed by atoms with Gasteiger partial charge in [0.2, 0.25) is 0 Å². The van der Waals surface area contributed by atoms with Crippen molar-refractivity contribution in [3.05, 3.63) is 57.6 Å². The monoisotopic (exact) mass is 323 g/mol. The van der Waals surface area contributed by atoms with Gasteiger partial charge in [-0.15, -0.1) is 0 Å². The first-order valence-corrected chi connectivity index (χ1v) is 7.79. The topological polar surface area (TPSA) is 21.3 Å². The van der Waals surface area contributed by atoms with Gasteiger partial charge in [-0.1, -0.05) is 42.3 Å². The summed E-state index contributed by atoms with van der Waals surface area (Å²) < 4.78 is 5.86. The highest BCUT2D eigenvalue weighted by Crippen LogP contribution is 2.33. The Hall–Kier alpha value is -1.22. The van der Waals surface area contributed by atoms with Crippen LogP contribution in [0.15, 0.2) is 36.4 Å². The standard InChI is InChI=1S/C17H19Cl2NO/c1-3-8-20-11-13-5-7-16(15(19)9-13)21-17-10-14(18)6-4-12(17)2/h4-7,9-10,20H,3,8,11H2,1-2H3. The highest BCUT2D eigenvalue weighted by molar-refractivity contribution is 6.32. The van der Waals surface area contributed by atoms with Crippen LogP contribution in [0.3, 0.4) is 0 Å². The Morgan fingerprint density at radius 1 is 1.05 bits per heavy atom. The average molecular weight is 324 g/mol. The van der Waals surface area contributed by atoms with Crippen molar-refractivity contribution in [1.29, 1.82) is 0 Å². The van der Waals surface area contributed by atoms with Gasteiger partial charge in [0.15, 0.2) is 0 Å². The van der Waals surface area contributed by atoms with E-state index in [-0.39, 0.29) is 0 Å². The fourth-order valence-corrected chi connectivity index (χ4v) is 2.35. The lowest BCUT2D eigenvalue weighted by atomic mass is 10.2. The quantitative estimate of drug-likeness (QED) is 0.699. The highest BCUT2D eigenvalue weighted by atomic mass is 35.5. The zero-order valence-electron chi connectivity index (χ0n) is 12.2. The molecule has 0 saturated heterocycles. The second kappa shape index (κ2) is 7.69. The largest absolute Gasteiger partial charge is 0.455 e. The molecular weight excluding hydrogens is 305 g/mol. The summed E-state index contributed by atoms with van der Waals surface area (Å²) in [4.78, 5) is 0. The summed E-state index contributed by atoms with van der Waals surface area (Å²) >= 11 is 12.3. The minimum atomic E-state index is 0.602. The van der Waals surface area contributed by atoms with Crippen molar-refractivity contribution in [2.24, 2.45) is 0 Å². The molecule has 0 amide bonds. The molecule has 0 aliphatic rings. The number of rotatable bonds is 6. The molecule has 0 bridgehead atoms. The molecule has 2 rings (SSSR count). The van der Waals surface area contributed by atoms with Crippen LogP contribution in [0.4, 0.5) is 0 Å². The molecular formula is C17H19Cl2NO. The van der Waals surface area contributed by atoms with Crippen LogP contribution in [-0.4, -0.2) is 6.54 Å². The lowest BCUT2D eigenvalue weighted by molar-refractivity contribution is 0.479. The highest BCUT2D eigenvalue weighted by Gasteiger charge is 2.07. The summed E-state index contributed by atoms with van der Waals surface area (Å²) in [6, 6.07) is 11.4. The molecule has 112 valence electrons. The first kappa shape index (κ1) is 16.2. The molecule has 0 aliphatic carbocycles. The molecule has 0 saturated carbocycles. The Balaban J connectivity index is 2.12. The zero-order chi connectivity index (χ0) is 15.2. The molecule has 1 N–H and O–H groups in total. The second-order valence-electron chi connectivity index (χ2n) is 4.95. The number of ether oxygens (including phenoxy) is 1. The normalized spacial score (nSPS) is 10.7. The number of aryl methyl sites for hydroxylation is 1. The van der Waals surface area contributed by atoms with Gasteiger partial charge in [-0.2, -0.15) is 0 Å². The van der Waals surface area contributed by atoms with E-state index in [0.29, 0.717) is 15.8 Å². The molecule has 21 heavy (non-hydrogen) atoms. The molecule has 0 spiro atoms. The molecule has 4 heteroatoms. The maximum atomic E-state index is 6.30. The summed E-state index contributed by atoms with van der Waals surface area (Å²) in [6.07, 6.45) is 1.11. The van der Waals surface area contributed by atoms with Gasteiger partial charge >= 0.3 is 0 Å². The van der Waals surface area contributed by atoms with E-state index in [1.165, 1.54) is 0 Å². The van der Waals surface area contributed by atoms with Crippen molar-refractivity contribution in [3.63, 3.8) is 0 Å². The van der Waals surface area contributed by atoms with Crippen LogP contribution in [0.5, 0.6) is 11.5 Å². The van der Waals surface area contributed by atoms with Crippen LogP contribution in [0.1, 0.15) is 24.5 Å². The molecule has 0 aromatic heterocycles. The first-order chi connectivity index (χ1) is 10.1. The maximum absolute atomic E-state index is 6.30. The van der Waals surface area contributed by atoms with E-state index in [0.717, 1.165) is 36.4 Å². The third-order valence-electron chi connectivity index (χ3n) is 3.12. The number of benzene rings is 2. The summed E-state index contributed by atoms with van der Waals surface area (Å²) in [5, 5.41) is 4.59. The SMILES string of the molecule is CCCNCc1ccc(Oc2cc(Cl)ccc2C)c(Cl)c1. The van der Waals surface area contributed by atoms with Crippen molar-refractivity contribution in [1.82, 2.24) is 5.32 Å². The summed E-state index contributed by atoms with van der Waals surface area (Å²) in [5.74, 6) is 1.36.